The summed E-state index contributed by atoms with van der Waals surface area (Å²) in [6.07, 6.45) is 0. The lowest BCUT2D eigenvalue weighted by atomic mass is 10.1. The molecule has 1 aromatic heterocycles. The lowest BCUT2D eigenvalue weighted by Gasteiger charge is -2.06. The molecule has 0 aliphatic carbocycles. The lowest BCUT2D eigenvalue weighted by molar-refractivity contribution is -0.547. The molecule has 3 aromatic rings. The van der Waals surface area contributed by atoms with Crippen molar-refractivity contribution in [2.45, 2.75) is 0 Å². The topological polar surface area (TPSA) is 26.9 Å². The Hall–Kier alpha value is -1.80. The Labute approximate surface area is 97.3 Å². The van der Waals surface area contributed by atoms with Gasteiger partial charge in [0.05, 0.1) is 10.4 Å². The summed E-state index contributed by atoms with van der Waals surface area (Å²) in [5.74, 6) is 0. The second kappa shape index (κ2) is 3.35. The molecule has 78 valence electrons. The molecule has 0 atom stereocenters. The van der Waals surface area contributed by atoms with E-state index in [-0.39, 0.29) is 0 Å². The number of para-hydroxylation sites is 1. The van der Waals surface area contributed by atoms with Crippen LogP contribution in [-0.2, 0) is 0 Å². The molecule has 0 fully saturated rings. The van der Waals surface area contributed by atoms with Gasteiger partial charge in [0.2, 0.25) is 11.0 Å². The van der Waals surface area contributed by atoms with Gasteiger partial charge in [0, 0.05) is 17.5 Å². The van der Waals surface area contributed by atoms with Crippen LogP contribution in [0.4, 0.5) is 0 Å². The highest BCUT2D eigenvalue weighted by molar-refractivity contribution is 6.35. The smallest absolute Gasteiger partial charge is 0.225 e. The number of rotatable bonds is 0. The molecule has 1 heterocycles. The minimum Gasteiger partial charge on any atom is -0.618 e. The van der Waals surface area contributed by atoms with E-state index in [0.29, 0.717) is 16.1 Å². The Kier molecular flexibility index (Phi) is 1.98. The van der Waals surface area contributed by atoms with Crippen molar-refractivity contribution in [1.82, 2.24) is 0 Å². The third-order valence-electron chi connectivity index (χ3n) is 2.70. The van der Waals surface area contributed by atoms with Gasteiger partial charge in [-0.15, -0.1) is 0 Å². The van der Waals surface area contributed by atoms with Crippen molar-refractivity contribution in [2.24, 2.45) is 0 Å². The van der Waals surface area contributed by atoms with E-state index < -0.39 is 0 Å². The molecule has 0 radical (unpaired) electrons. The van der Waals surface area contributed by atoms with Crippen molar-refractivity contribution < 1.29 is 4.73 Å². The number of fused-ring (bicyclic) bond motifs is 2. The maximum atomic E-state index is 12.1. The fourth-order valence-electron chi connectivity index (χ4n) is 1.93. The molecular formula is C13H8ClNO. The normalized spacial score (nSPS) is 11.1. The first-order chi connectivity index (χ1) is 7.77. The van der Waals surface area contributed by atoms with Crippen LogP contribution in [0.5, 0.6) is 0 Å². The van der Waals surface area contributed by atoms with Gasteiger partial charge in [-0.1, -0.05) is 29.8 Å². The summed E-state index contributed by atoms with van der Waals surface area (Å²) in [5.41, 5.74) is 1.27. The molecule has 0 bridgehead atoms. The van der Waals surface area contributed by atoms with Gasteiger partial charge in [-0.2, -0.15) is 4.73 Å². The van der Waals surface area contributed by atoms with E-state index >= 15 is 0 Å². The zero-order chi connectivity index (χ0) is 11.1. The number of aromatic nitrogens is 1. The van der Waals surface area contributed by atoms with Gasteiger partial charge in [-0.05, 0) is 18.2 Å². The Morgan fingerprint density at radius 1 is 0.938 bits per heavy atom. The SMILES string of the molecule is [O-][n+]1c2ccccc2cc2c(Cl)cccc21. The number of nitrogens with zero attached hydrogens (tertiary/aromatic N) is 1. The van der Waals surface area contributed by atoms with E-state index in [1.807, 2.05) is 30.3 Å². The standard InChI is InChI=1S/C13H8ClNO/c14-11-5-3-7-13-10(11)8-9-4-1-2-6-12(9)15(13)16/h1-8H. The van der Waals surface area contributed by atoms with Crippen LogP contribution < -0.4 is 4.73 Å². The summed E-state index contributed by atoms with van der Waals surface area (Å²) in [7, 11) is 0. The average molecular weight is 230 g/mol. The van der Waals surface area contributed by atoms with Gasteiger partial charge in [0.1, 0.15) is 0 Å². The molecule has 2 nitrogen and oxygen atoms in total. The van der Waals surface area contributed by atoms with Crippen LogP contribution in [-0.4, -0.2) is 0 Å². The van der Waals surface area contributed by atoms with Crippen LogP contribution >= 0.6 is 11.6 Å². The molecule has 3 rings (SSSR count). The van der Waals surface area contributed by atoms with E-state index in [1.165, 1.54) is 0 Å². The number of hydrogen-bond donors (Lipinski definition) is 0. The van der Waals surface area contributed by atoms with Gasteiger partial charge < -0.3 is 5.21 Å². The van der Waals surface area contributed by atoms with Crippen LogP contribution in [0.25, 0.3) is 21.8 Å². The summed E-state index contributed by atoms with van der Waals surface area (Å²) in [6, 6.07) is 14.8. The molecule has 16 heavy (non-hydrogen) atoms. The van der Waals surface area contributed by atoms with Gasteiger partial charge in [-0.25, -0.2) is 0 Å². The highest BCUT2D eigenvalue weighted by Gasteiger charge is 2.11. The number of benzene rings is 2. The van der Waals surface area contributed by atoms with Crippen molar-refractivity contribution in [3.63, 3.8) is 0 Å². The van der Waals surface area contributed by atoms with Crippen LogP contribution in [0, 0.1) is 5.21 Å². The highest BCUT2D eigenvalue weighted by atomic mass is 35.5. The van der Waals surface area contributed by atoms with Crippen LogP contribution in [0.2, 0.25) is 5.02 Å². The molecular weight excluding hydrogens is 222 g/mol. The van der Waals surface area contributed by atoms with Crippen molar-refractivity contribution in [3.8, 4) is 0 Å². The Morgan fingerprint density at radius 3 is 2.56 bits per heavy atom. The second-order valence-electron chi connectivity index (χ2n) is 3.67. The van der Waals surface area contributed by atoms with Crippen LogP contribution in [0.3, 0.4) is 0 Å². The molecule has 0 saturated carbocycles. The van der Waals surface area contributed by atoms with E-state index in [1.54, 1.807) is 18.2 Å². The maximum Gasteiger partial charge on any atom is 0.225 e. The summed E-state index contributed by atoms with van der Waals surface area (Å²) in [4.78, 5) is 0. The summed E-state index contributed by atoms with van der Waals surface area (Å²) < 4.78 is 0.927. The summed E-state index contributed by atoms with van der Waals surface area (Å²) >= 11 is 6.08. The number of hydrogen-bond acceptors (Lipinski definition) is 1. The molecule has 0 unspecified atom stereocenters. The van der Waals surface area contributed by atoms with E-state index in [4.69, 9.17) is 11.6 Å². The third kappa shape index (κ3) is 1.24. The van der Waals surface area contributed by atoms with E-state index in [2.05, 4.69) is 0 Å². The quantitative estimate of drug-likeness (QED) is 0.330. The first-order valence-corrected chi connectivity index (χ1v) is 5.35. The van der Waals surface area contributed by atoms with Crippen molar-refractivity contribution >= 4 is 33.4 Å². The number of pyridine rings is 1. The average Bonchev–Trinajstić information content (AvgIpc) is 2.31. The van der Waals surface area contributed by atoms with Crippen LogP contribution in [0.1, 0.15) is 0 Å². The summed E-state index contributed by atoms with van der Waals surface area (Å²) in [5, 5.41) is 14.4. The van der Waals surface area contributed by atoms with E-state index in [0.717, 1.165) is 15.5 Å². The summed E-state index contributed by atoms with van der Waals surface area (Å²) in [6.45, 7) is 0. The molecule has 0 N–H and O–H groups in total. The van der Waals surface area contributed by atoms with Gasteiger partial charge in [-0.3, -0.25) is 0 Å². The lowest BCUT2D eigenvalue weighted by Crippen LogP contribution is -2.27. The van der Waals surface area contributed by atoms with Crippen molar-refractivity contribution in [3.05, 3.63) is 58.8 Å². The van der Waals surface area contributed by atoms with Crippen molar-refractivity contribution in [2.75, 3.05) is 0 Å². The number of halogens is 1. The minimum atomic E-state index is 0.603. The molecule has 0 amide bonds. The van der Waals surface area contributed by atoms with Crippen molar-refractivity contribution in [1.29, 1.82) is 0 Å². The molecule has 0 aliphatic rings. The first-order valence-electron chi connectivity index (χ1n) is 4.97. The fourth-order valence-corrected chi connectivity index (χ4v) is 2.15. The first kappa shape index (κ1) is 9.43. The Bertz CT molecular complexity index is 694. The maximum absolute atomic E-state index is 12.1. The fraction of sp³-hybridized carbons (Fsp3) is 0. The largest absolute Gasteiger partial charge is 0.618 e. The molecule has 3 heteroatoms. The monoisotopic (exact) mass is 229 g/mol. The molecule has 0 aliphatic heterocycles. The predicted octanol–water partition coefficient (Wildman–Crippen LogP) is 3.28. The second-order valence-corrected chi connectivity index (χ2v) is 4.08. The molecule has 2 aromatic carbocycles. The van der Waals surface area contributed by atoms with Gasteiger partial charge in [0.25, 0.3) is 0 Å². The van der Waals surface area contributed by atoms with Gasteiger partial charge >= 0.3 is 0 Å². The zero-order valence-electron chi connectivity index (χ0n) is 8.35. The Morgan fingerprint density at radius 2 is 1.69 bits per heavy atom. The highest BCUT2D eigenvalue weighted by Crippen LogP contribution is 2.24. The van der Waals surface area contributed by atoms with Gasteiger partial charge in [0.15, 0.2) is 0 Å². The Balaban J connectivity index is 2.61. The van der Waals surface area contributed by atoms with E-state index in [9.17, 15) is 5.21 Å². The van der Waals surface area contributed by atoms with Crippen LogP contribution in [0.15, 0.2) is 48.5 Å². The molecule has 0 saturated heterocycles. The minimum absolute atomic E-state index is 0.603. The zero-order valence-corrected chi connectivity index (χ0v) is 9.11. The molecule has 0 spiro atoms. The third-order valence-corrected chi connectivity index (χ3v) is 3.03. The predicted molar refractivity (Wildman–Crippen MR) is 65.4 cm³/mol.